The number of carbonyl (C=O) groups excluding carboxylic acids is 1. The molecule has 2 rings (SSSR count). The van der Waals surface area contributed by atoms with Crippen LogP contribution in [0.15, 0.2) is 35.8 Å². The number of carbonyl (C=O) groups is 1. The fourth-order valence-electron chi connectivity index (χ4n) is 1.67. The van der Waals surface area contributed by atoms with Crippen LogP contribution >= 0.6 is 11.3 Å². The van der Waals surface area contributed by atoms with Crippen LogP contribution < -0.4 is 5.32 Å². The molecule has 0 spiro atoms. The molecule has 1 aromatic heterocycles. The highest BCUT2D eigenvalue weighted by Crippen LogP contribution is 2.12. The molecular formula is C14H16N2OS. The molecule has 0 bridgehead atoms. The van der Waals surface area contributed by atoms with E-state index in [1.165, 1.54) is 0 Å². The van der Waals surface area contributed by atoms with Crippen molar-refractivity contribution in [1.29, 1.82) is 0 Å². The Kier molecular flexibility index (Phi) is 4.47. The zero-order chi connectivity index (χ0) is 12.8. The van der Waals surface area contributed by atoms with Crippen LogP contribution in [0.4, 0.5) is 5.69 Å². The van der Waals surface area contributed by atoms with Gasteiger partial charge in [0, 0.05) is 42.2 Å². The Morgan fingerprint density at radius 2 is 2.11 bits per heavy atom. The quantitative estimate of drug-likeness (QED) is 0.809. The van der Waals surface area contributed by atoms with E-state index in [0.29, 0.717) is 6.42 Å². The minimum atomic E-state index is 0.185. The summed E-state index contributed by atoms with van der Waals surface area (Å²) < 4.78 is 0. The number of nitrogens with one attached hydrogen (secondary N) is 1. The van der Waals surface area contributed by atoms with Gasteiger partial charge in [0.15, 0.2) is 5.78 Å². The average Bonchev–Trinajstić information content (AvgIpc) is 2.92. The second kappa shape index (κ2) is 6.31. The number of benzene rings is 1. The SMILES string of the molecule is CCC(=O)c1ccc(NCCc2nccs2)cc1. The van der Waals surface area contributed by atoms with Gasteiger partial charge in [-0.25, -0.2) is 4.98 Å². The van der Waals surface area contributed by atoms with E-state index < -0.39 is 0 Å². The first-order valence-corrected chi connectivity index (χ1v) is 6.93. The van der Waals surface area contributed by atoms with E-state index in [1.54, 1.807) is 11.3 Å². The second-order valence-electron chi connectivity index (χ2n) is 3.96. The van der Waals surface area contributed by atoms with Crippen LogP contribution in [0.1, 0.15) is 28.7 Å². The molecule has 1 aromatic carbocycles. The third-order valence-corrected chi connectivity index (χ3v) is 3.52. The lowest BCUT2D eigenvalue weighted by Crippen LogP contribution is -2.05. The van der Waals surface area contributed by atoms with Crippen molar-refractivity contribution in [3.8, 4) is 0 Å². The first-order valence-electron chi connectivity index (χ1n) is 6.05. The molecule has 3 nitrogen and oxygen atoms in total. The zero-order valence-electron chi connectivity index (χ0n) is 10.3. The molecule has 0 aliphatic rings. The molecule has 2 aromatic rings. The van der Waals surface area contributed by atoms with Gasteiger partial charge in [-0.3, -0.25) is 4.79 Å². The minimum absolute atomic E-state index is 0.185. The average molecular weight is 260 g/mol. The highest BCUT2D eigenvalue weighted by Gasteiger charge is 2.02. The van der Waals surface area contributed by atoms with E-state index in [4.69, 9.17) is 0 Å². The van der Waals surface area contributed by atoms with E-state index >= 15 is 0 Å². The summed E-state index contributed by atoms with van der Waals surface area (Å²) in [6.07, 6.45) is 3.30. The predicted octanol–water partition coefficient (Wildman–Crippen LogP) is 3.39. The van der Waals surface area contributed by atoms with Gasteiger partial charge >= 0.3 is 0 Å². The largest absolute Gasteiger partial charge is 0.385 e. The fraction of sp³-hybridized carbons (Fsp3) is 0.286. The van der Waals surface area contributed by atoms with Crippen molar-refractivity contribution in [3.63, 3.8) is 0 Å². The molecule has 0 amide bonds. The summed E-state index contributed by atoms with van der Waals surface area (Å²) in [6.45, 7) is 2.73. The summed E-state index contributed by atoms with van der Waals surface area (Å²) in [7, 11) is 0. The normalized spacial score (nSPS) is 10.3. The third kappa shape index (κ3) is 3.40. The molecule has 94 valence electrons. The molecule has 18 heavy (non-hydrogen) atoms. The number of thiazole rings is 1. The van der Waals surface area contributed by atoms with Crippen molar-refractivity contribution >= 4 is 22.8 Å². The fourth-order valence-corrected chi connectivity index (χ4v) is 2.29. The maximum absolute atomic E-state index is 11.5. The van der Waals surface area contributed by atoms with Crippen LogP contribution in [0.5, 0.6) is 0 Å². The predicted molar refractivity (Wildman–Crippen MR) is 75.4 cm³/mol. The van der Waals surface area contributed by atoms with Gasteiger partial charge in [-0.15, -0.1) is 11.3 Å². The monoisotopic (exact) mass is 260 g/mol. The topological polar surface area (TPSA) is 42.0 Å². The van der Waals surface area contributed by atoms with Crippen LogP contribution in [0.25, 0.3) is 0 Å². The molecule has 1 heterocycles. The highest BCUT2D eigenvalue weighted by molar-refractivity contribution is 7.09. The summed E-state index contributed by atoms with van der Waals surface area (Å²) in [5.74, 6) is 0.185. The number of Topliss-reactive ketones (excluding diaryl/α,β-unsaturated/α-hetero) is 1. The van der Waals surface area contributed by atoms with Gasteiger partial charge in [0.25, 0.3) is 0 Å². The van der Waals surface area contributed by atoms with Gasteiger partial charge in [0.2, 0.25) is 0 Å². The van der Waals surface area contributed by atoms with Gasteiger partial charge in [-0.1, -0.05) is 6.92 Å². The van der Waals surface area contributed by atoms with E-state index in [2.05, 4.69) is 10.3 Å². The summed E-state index contributed by atoms with van der Waals surface area (Å²) in [4.78, 5) is 15.7. The summed E-state index contributed by atoms with van der Waals surface area (Å²) in [5.41, 5.74) is 1.82. The van der Waals surface area contributed by atoms with E-state index in [1.807, 2.05) is 42.8 Å². The summed E-state index contributed by atoms with van der Waals surface area (Å²) >= 11 is 1.67. The molecule has 0 aliphatic carbocycles. The van der Waals surface area contributed by atoms with E-state index in [0.717, 1.165) is 29.2 Å². The van der Waals surface area contributed by atoms with Gasteiger partial charge in [-0.2, -0.15) is 0 Å². The van der Waals surface area contributed by atoms with Crippen molar-refractivity contribution < 1.29 is 4.79 Å². The molecule has 0 saturated heterocycles. The van der Waals surface area contributed by atoms with Crippen molar-refractivity contribution in [2.24, 2.45) is 0 Å². The smallest absolute Gasteiger partial charge is 0.162 e. The Morgan fingerprint density at radius 3 is 2.72 bits per heavy atom. The van der Waals surface area contributed by atoms with Gasteiger partial charge in [0.05, 0.1) is 5.01 Å². The molecule has 0 radical (unpaired) electrons. The molecular weight excluding hydrogens is 244 g/mol. The van der Waals surface area contributed by atoms with Crippen LogP contribution in [0, 0.1) is 0 Å². The number of hydrogen-bond acceptors (Lipinski definition) is 4. The molecule has 0 fully saturated rings. The van der Waals surface area contributed by atoms with Gasteiger partial charge < -0.3 is 5.32 Å². The Labute approximate surface area is 111 Å². The maximum Gasteiger partial charge on any atom is 0.162 e. The number of nitrogens with zero attached hydrogens (tertiary/aromatic N) is 1. The molecule has 4 heteroatoms. The van der Waals surface area contributed by atoms with Crippen LogP contribution in [-0.4, -0.2) is 17.3 Å². The molecule has 0 saturated carbocycles. The molecule has 0 unspecified atom stereocenters. The Hall–Kier alpha value is -1.68. The molecule has 1 N–H and O–H groups in total. The lowest BCUT2D eigenvalue weighted by molar-refractivity contribution is 0.0988. The lowest BCUT2D eigenvalue weighted by Gasteiger charge is -2.05. The molecule has 0 aliphatic heterocycles. The van der Waals surface area contributed by atoms with Gasteiger partial charge in [0.1, 0.15) is 0 Å². The number of aromatic nitrogens is 1. The first kappa shape index (κ1) is 12.8. The summed E-state index contributed by atoms with van der Waals surface area (Å²) in [5, 5.41) is 6.45. The minimum Gasteiger partial charge on any atom is -0.385 e. The number of anilines is 1. The van der Waals surface area contributed by atoms with Crippen LogP contribution in [-0.2, 0) is 6.42 Å². The zero-order valence-corrected chi connectivity index (χ0v) is 11.2. The first-order chi connectivity index (χ1) is 8.79. The maximum atomic E-state index is 11.5. The van der Waals surface area contributed by atoms with Crippen molar-refractivity contribution in [1.82, 2.24) is 4.98 Å². The highest BCUT2D eigenvalue weighted by atomic mass is 32.1. The van der Waals surface area contributed by atoms with Gasteiger partial charge in [-0.05, 0) is 24.3 Å². The number of rotatable bonds is 6. The van der Waals surface area contributed by atoms with E-state index in [9.17, 15) is 4.79 Å². The van der Waals surface area contributed by atoms with Crippen molar-refractivity contribution in [2.75, 3.05) is 11.9 Å². The van der Waals surface area contributed by atoms with Crippen LogP contribution in [0.3, 0.4) is 0 Å². The second-order valence-corrected chi connectivity index (χ2v) is 4.94. The Bertz CT molecular complexity index is 491. The number of ketones is 1. The molecule has 0 atom stereocenters. The summed E-state index contributed by atoms with van der Waals surface area (Å²) in [6, 6.07) is 7.64. The number of hydrogen-bond donors (Lipinski definition) is 1. The third-order valence-electron chi connectivity index (χ3n) is 2.68. The van der Waals surface area contributed by atoms with E-state index in [-0.39, 0.29) is 5.78 Å². The van der Waals surface area contributed by atoms with Crippen LogP contribution in [0.2, 0.25) is 0 Å². The van der Waals surface area contributed by atoms with Crippen molar-refractivity contribution in [3.05, 3.63) is 46.4 Å². The standard InChI is InChI=1S/C14H16N2OS/c1-2-13(17)11-3-5-12(6-4-11)15-8-7-14-16-9-10-18-14/h3-6,9-10,15H,2,7-8H2,1H3. The lowest BCUT2D eigenvalue weighted by atomic mass is 10.1. The Morgan fingerprint density at radius 1 is 1.33 bits per heavy atom. The van der Waals surface area contributed by atoms with Crippen molar-refractivity contribution in [2.45, 2.75) is 19.8 Å². The Balaban J connectivity index is 1.85.